The van der Waals surface area contributed by atoms with Crippen LogP contribution >= 0.6 is 0 Å². The molecule has 4 heteroatoms. The number of nitrogens with one attached hydrogen (secondary N) is 1. The Labute approximate surface area is 155 Å². The van der Waals surface area contributed by atoms with Gasteiger partial charge >= 0.3 is 0 Å². The maximum atomic E-state index is 11.8. The van der Waals surface area contributed by atoms with Crippen LogP contribution in [0.1, 0.15) is 96.8 Å². The second-order valence-electron chi connectivity index (χ2n) is 7.08. The molecule has 0 fully saturated rings. The Morgan fingerprint density at radius 2 is 1.36 bits per heavy atom. The Balaban J connectivity index is 3.37. The Bertz CT molecular complexity index is 320. The fourth-order valence-electron chi connectivity index (χ4n) is 2.99. The van der Waals surface area contributed by atoms with Gasteiger partial charge in [-0.2, -0.15) is 0 Å². The standard InChI is InChI=1S/C21H41NO3/c1-3-5-6-7-8-9-10-11-12-13-14-15-16-17-21(25)22-19(18-23)20(24)4-2/h4,19-20,23-24H,2-3,5-18H2,1H3,(H,22,25)/t19-,20+/m0/s1. The molecule has 2 atom stereocenters. The van der Waals surface area contributed by atoms with Crippen LogP contribution in [0.2, 0.25) is 0 Å². The van der Waals surface area contributed by atoms with Crippen LogP contribution in [0.5, 0.6) is 0 Å². The number of rotatable bonds is 18. The van der Waals surface area contributed by atoms with Gasteiger partial charge in [-0.15, -0.1) is 6.58 Å². The van der Waals surface area contributed by atoms with E-state index >= 15 is 0 Å². The lowest BCUT2D eigenvalue weighted by Crippen LogP contribution is -2.44. The maximum absolute atomic E-state index is 11.8. The second-order valence-corrected chi connectivity index (χ2v) is 7.08. The molecule has 0 aliphatic heterocycles. The Hall–Kier alpha value is -0.870. The third kappa shape index (κ3) is 15.1. The van der Waals surface area contributed by atoms with Crippen LogP contribution in [-0.2, 0) is 4.79 Å². The lowest BCUT2D eigenvalue weighted by Gasteiger charge is -2.19. The molecule has 0 aromatic carbocycles. The molecule has 0 saturated carbocycles. The van der Waals surface area contributed by atoms with Gasteiger partial charge in [0, 0.05) is 6.42 Å². The SMILES string of the molecule is C=C[C@@H](O)[C@H](CO)NC(=O)CCCCCCCCCCCCCCC. The number of carbonyl (C=O) groups excluding carboxylic acids is 1. The van der Waals surface area contributed by atoms with Gasteiger partial charge in [0.05, 0.1) is 18.8 Å². The molecule has 0 radical (unpaired) electrons. The molecule has 0 saturated heterocycles. The van der Waals surface area contributed by atoms with E-state index in [1.54, 1.807) is 0 Å². The lowest BCUT2D eigenvalue weighted by atomic mass is 10.0. The van der Waals surface area contributed by atoms with Crippen LogP contribution in [0.15, 0.2) is 12.7 Å². The monoisotopic (exact) mass is 355 g/mol. The minimum atomic E-state index is -0.902. The van der Waals surface area contributed by atoms with Gasteiger partial charge in [-0.3, -0.25) is 4.79 Å². The Morgan fingerprint density at radius 1 is 0.920 bits per heavy atom. The zero-order chi connectivity index (χ0) is 18.8. The normalized spacial score (nSPS) is 13.4. The Morgan fingerprint density at radius 3 is 1.76 bits per heavy atom. The molecule has 3 N–H and O–H groups in total. The molecule has 4 nitrogen and oxygen atoms in total. The van der Waals surface area contributed by atoms with Crippen molar-refractivity contribution in [1.82, 2.24) is 5.32 Å². The molecule has 0 aliphatic rings. The highest BCUT2D eigenvalue weighted by molar-refractivity contribution is 5.76. The molecule has 25 heavy (non-hydrogen) atoms. The van der Waals surface area contributed by atoms with E-state index in [2.05, 4.69) is 18.8 Å². The molecular weight excluding hydrogens is 314 g/mol. The first-order chi connectivity index (χ1) is 12.2. The summed E-state index contributed by atoms with van der Waals surface area (Å²) < 4.78 is 0. The minimum Gasteiger partial charge on any atom is -0.394 e. The molecule has 0 rings (SSSR count). The quantitative estimate of drug-likeness (QED) is 0.251. The third-order valence-electron chi connectivity index (χ3n) is 4.70. The van der Waals surface area contributed by atoms with Crippen LogP contribution < -0.4 is 5.32 Å². The first kappa shape index (κ1) is 24.1. The maximum Gasteiger partial charge on any atom is 0.220 e. The van der Waals surface area contributed by atoms with Crippen molar-refractivity contribution in [2.45, 2.75) is 109 Å². The Kier molecular flexibility index (Phi) is 17.3. The average molecular weight is 356 g/mol. The first-order valence-corrected chi connectivity index (χ1v) is 10.4. The van der Waals surface area contributed by atoms with Crippen molar-refractivity contribution in [3.8, 4) is 0 Å². The van der Waals surface area contributed by atoms with E-state index in [4.69, 9.17) is 5.11 Å². The van der Waals surface area contributed by atoms with Crippen molar-refractivity contribution >= 4 is 5.91 Å². The van der Waals surface area contributed by atoms with Gasteiger partial charge in [0.25, 0.3) is 0 Å². The fraction of sp³-hybridized carbons (Fsp3) is 0.857. The molecule has 0 aromatic rings. The molecule has 1 amide bonds. The first-order valence-electron chi connectivity index (χ1n) is 10.4. The number of hydrogen-bond acceptors (Lipinski definition) is 3. The van der Waals surface area contributed by atoms with Crippen LogP contribution in [0.3, 0.4) is 0 Å². The number of hydrogen-bond donors (Lipinski definition) is 3. The molecule has 0 aliphatic carbocycles. The van der Waals surface area contributed by atoms with Crippen molar-refractivity contribution in [2.24, 2.45) is 0 Å². The van der Waals surface area contributed by atoms with E-state index in [9.17, 15) is 9.90 Å². The molecule has 0 spiro atoms. The predicted molar refractivity (Wildman–Crippen MR) is 106 cm³/mol. The van der Waals surface area contributed by atoms with E-state index < -0.39 is 12.1 Å². The largest absolute Gasteiger partial charge is 0.394 e. The van der Waals surface area contributed by atoms with Crippen molar-refractivity contribution < 1.29 is 15.0 Å². The highest BCUT2D eigenvalue weighted by atomic mass is 16.3. The molecule has 148 valence electrons. The van der Waals surface area contributed by atoms with Crippen LogP contribution in [0, 0.1) is 0 Å². The molecular formula is C21H41NO3. The van der Waals surface area contributed by atoms with Crippen molar-refractivity contribution in [3.05, 3.63) is 12.7 Å². The smallest absolute Gasteiger partial charge is 0.220 e. The number of aliphatic hydroxyl groups is 2. The van der Waals surface area contributed by atoms with Gasteiger partial charge in [-0.1, -0.05) is 90.0 Å². The van der Waals surface area contributed by atoms with Gasteiger partial charge in [0.2, 0.25) is 5.91 Å². The number of unbranched alkanes of at least 4 members (excludes halogenated alkanes) is 12. The number of amides is 1. The van der Waals surface area contributed by atoms with Gasteiger partial charge in [0.1, 0.15) is 0 Å². The van der Waals surface area contributed by atoms with E-state index in [-0.39, 0.29) is 12.5 Å². The second kappa shape index (κ2) is 17.9. The summed E-state index contributed by atoms with van der Waals surface area (Å²) in [5.74, 6) is -0.108. The average Bonchev–Trinajstić information content (AvgIpc) is 2.62. The summed E-state index contributed by atoms with van der Waals surface area (Å²) in [6.07, 6.45) is 17.5. The summed E-state index contributed by atoms with van der Waals surface area (Å²) in [6.45, 7) is 5.44. The number of carbonyl (C=O) groups is 1. The minimum absolute atomic E-state index is 0.108. The molecule has 0 aromatic heterocycles. The summed E-state index contributed by atoms with van der Waals surface area (Å²) in [7, 11) is 0. The van der Waals surface area contributed by atoms with E-state index in [0.717, 1.165) is 12.8 Å². The summed E-state index contributed by atoms with van der Waals surface area (Å²) >= 11 is 0. The fourth-order valence-corrected chi connectivity index (χ4v) is 2.99. The molecule has 0 unspecified atom stereocenters. The van der Waals surface area contributed by atoms with Crippen LogP contribution in [-0.4, -0.2) is 34.9 Å². The summed E-state index contributed by atoms with van der Waals surface area (Å²) in [5.41, 5.74) is 0. The zero-order valence-corrected chi connectivity index (χ0v) is 16.3. The summed E-state index contributed by atoms with van der Waals surface area (Å²) in [6, 6.07) is -0.646. The highest BCUT2D eigenvalue weighted by Crippen LogP contribution is 2.13. The summed E-state index contributed by atoms with van der Waals surface area (Å²) in [4.78, 5) is 11.8. The van der Waals surface area contributed by atoms with E-state index in [1.165, 1.54) is 76.7 Å². The molecule has 0 heterocycles. The zero-order valence-electron chi connectivity index (χ0n) is 16.3. The molecule has 0 bridgehead atoms. The van der Waals surface area contributed by atoms with E-state index in [1.807, 2.05) is 0 Å². The van der Waals surface area contributed by atoms with Crippen molar-refractivity contribution in [3.63, 3.8) is 0 Å². The highest BCUT2D eigenvalue weighted by Gasteiger charge is 2.17. The predicted octanol–water partition coefficient (Wildman–Crippen LogP) is 4.49. The van der Waals surface area contributed by atoms with Crippen molar-refractivity contribution in [1.29, 1.82) is 0 Å². The lowest BCUT2D eigenvalue weighted by molar-refractivity contribution is -0.123. The van der Waals surface area contributed by atoms with Gasteiger partial charge in [0.15, 0.2) is 0 Å². The van der Waals surface area contributed by atoms with Gasteiger partial charge in [-0.05, 0) is 6.42 Å². The van der Waals surface area contributed by atoms with E-state index in [0.29, 0.717) is 6.42 Å². The third-order valence-corrected chi connectivity index (χ3v) is 4.70. The van der Waals surface area contributed by atoms with Crippen LogP contribution in [0.4, 0.5) is 0 Å². The number of aliphatic hydroxyl groups excluding tert-OH is 2. The van der Waals surface area contributed by atoms with Crippen molar-refractivity contribution in [2.75, 3.05) is 6.61 Å². The van der Waals surface area contributed by atoms with Gasteiger partial charge < -0.3 is 15.5 Å². The topological polar surface area (TPSA) is 69.6 Å². The van der Waals surface area contributed by atoms with Crippen LogP contribution in [0.25, 0.3) is 0 Å². The van der Waals surface area contributed by atoms with Gasteiger partial charge in [-0.25, -0.2) is 0 Å². The summed E-state index contributed by atoms with van der Waals surface area (Å²) in [5, 5.41) is 21.3.